The quantitative estimate of drug-likeness (QED) is 0.547. The summed E-state index contributed by atoms with van der Waals surface area (Å²) in [6.45, 7) is 12.0. The maximum absolute atomic E-state index is 12.0. The lowest BCUT2D eigenvalue weighted by molar-refractivity contribution is -0.299. The first kappa shape index (κ1) is 22.6. The van der Waals surface area contributed by atoms with E-state index in [9.17, 15) is 4.79 Å². The molecule has 11 heteroatoms. The predicted molar refractivity (Wildman–Crippen MR) is 107 cm³/mol. The minimum absolute atomic E-state index is 0.176. The van der Waals surface area contributed by atoms with E-state index in [1.165, 1.54) is 0 Å². The van der Waals surface area contributed by atoms with Crippen LogP contribution < -0.4 is 0 Å². The maximum Gasteiger partial charge on any atom is 0.309 e. The summed E-state index contributed by atoms with van der Waals surface area (Å²) in [5.74, 6) is -2.52. The number of hydrogen-bond donors (Lipinski definition) is 0. The Morgan fingerprint density at radius 3 is 2.00 bits per heavy atom. The fourth-order valence-corrected chi connectivity index (χ4v) is 5.79. The molecule has 0 aromatic carbocycles. The summed E-state index contributed by atoms with van der Waals surface area (Å²) in [6.07, 6.45) is -3.28. The highest BCUT2D eigenvalue weighted by molar-refractivity contribution is 5.73. The standard InChI is InChI=1S/C22H33NO10/c1-20(2)25-8-11(29-20)14-15-10(7-13(24)27-15)33-23(14)19-18-17(31-22(5,6)32-18)16(28-19)12-9-26-21(3,4)30-12/h10-12,14-19H,7-9H2,1-6H3/t10-,11-,12+,14-,15+,16-,17+,18+,19+/m1/s1. The Morgan fingerprint density at radius 2 is 1.36 bits per heavy atom. The van der Waals surface area contributed by atoms with E-state index in [0.29, 0.717) is 13.2 Å². The number of carbonyl (C=O) groups excluding carboxylic acids is 1. The van der Waals surface area contributed by atoms with E-state index in [4.69, 9.17) is 42.7 Å². The Balaban J connectivity index is 1.30. The third kappa shape index (κ3) is 3.82. The van der Waals surface area contributed by atoms with Crippen LogP contribution in [0.4, 0.5) is 0 Å². The van der Waals surface area contributed by atoms with Gasteiger partial charge in [-0.1, -0.05) is 0 Å². The van der Waals surface area contributed by atoms with Gasteiger partial charge in [0.25, 0.3) is 0 Å². The fraction of sp³-hybridized carbons (Fsp3) is 0.955. The minimum Gasteiger partial charge on any atom is -0.458 e. The van der Waals surface area contributed by atoms with Crippen LogP contribution in [0.3, 0.4) is 0 Å². The molecular formula is C22H33NO10. The first-order valence-corrected chi connectivity index (χ1v) is 11.7. The van der Waals surface area contributed by atoms with Crippen LogP contribution in [0, 0.1) is 0 Å². The number of hydrogen-bond acceptors (Lipinski definition) is 11. The zero-order valence-corrected chi connectivity index (χ0v) is 19.8. The van der Waals surface area contributed by atoms with E-state index in [1.54, 1.807) is 5.06 Å². The van der Waals surface area contributed by atoms with Gasteiger partial charge >= 0.3 is 5.97 Å². The first-order valence-electron chi connectivity index (χ1n) is 11.7. The van der Waals surface area contributed by atoms with Gasteiger partial charge in [-0.15, -0.1) is 5.06 Å². The summed E-state index contributed by atoms with van der Waals surface area (Å²) in [7, 11) is 0. The zero-order chi connectivity index (χ0) is 23.3. The normalized spacial score (nSPS) is 50.0. The van der Waals surface area contributed by atoms with Crippen LogP contribution in [0.5, 0.6) is 0 Å². The molecule has 186 valence electrons. The van der Waals surface area contributed by atoms with E-state index >= 15 is 0 Å². The number of ether oxygens (including phenoxy) is 8. The Morgan fingerprint density at radius 1 is 0.727 bits per heavy atom. The van der Waals surface area contributed by atoms with Crippen molar-refractivity contribution < 1.29 is 47.5 Å². The van der Waals surface area contributed by atoms with Crippen molar-refractivity contribution >= 4 is 5.97 Å². The van der Waals surface area contributed by atoms with Gasteiger partial charge in [0, 0.05) is 0 Å². The molecule has 9 atom stereocenters. The van der Waals surface area contributed by atoms with E-state index in [2.05, 4.69) is 0 Å². The van der Waals surface area contributed by atoms with Crippen molar-refractivity contribution in [2.45, 2.75) is 120 Å². The van der Waals surface area contributed by atoms with E-state index in [0.717, 1.165) is 0 Å². The van der Waals surface area contributed by atoms with Crippen molar-refractivity contribution in [1.29, 1.82) is 0 Å². The summed E-state index contributed by atoms with van der Waals surface area (Å²) >= 11 is 0. The molecule has 0 spiro atoms. The van der Waals surface area contributed by atoms with Gasteiger partial charge in [0.2, 0.25) is 0 Å². The second-order valence-electron chi connectivity index (χ2n) is 10.9. The lowest BCUT2D eigenvalue weighted by Gasteiger charge is -2.35. The molecular weight excluding hydrogens is 438 g/mol. The maximum atomic E-state index is 12.0. The van der Waals surface area contributed by atoms with Crippen LogP contribution in [-0.2, 0) is 47.5 Å². The number of nitrogens with zero attached hydrogens (tertiary/aromatic N) is 1. The molecule has 0 amide bonds. The largest absolute Gasteiger partial charge is 0.458 e. The van der Waals surface area contributed by atoms with Crippen LogP contribution in [0.25, 0.3) is 0 Å². The lowest BCUT2D eigenvalue weighted by Crippen LogP contribution is -2.54. The summed E-state index contributed by atoms with van der Waals surface area (Å²) in [5, 5.41) is 1.75. The predicted octanol–water partition coefficient (Wildman–Crippen LogP) is 0.834. The van der Waals surface area contributed by atoms with Crippen LogP contribution in [-0.4, -0.2) is 96.6 Å². The topological polar surface area (TPSA) is 103 Å². The molecule has 0 aromatic rings. The van der Waals surface area contributed by atoms with Gasteiger partial charge in [-0.05, 0) is 41.5 Å². The second-order valence-corrected chi connectivity index (χ2v) is 10.9. The molecule has 6 saturated heterocycles. The van der Waals surface area contributed by atoms with Crippen molar-refractivity contribution in [1.82, 2.24) is 5.06 Å². The van der Waals surface area contributed by atoms with Gasteiger partial charge in [0.05, 0.1) is 19.6 Å². The minimum atomic E-state index is -0.795. The SMILES string of the molecule is CC1(C)O[C@H]2[C@@H]([C@@H]3COC(C)(C)O3)O[C@H](N3O[C@@H]4CC(=O)O[C@@H]4[C@H]3[C@H]3COC(C)(C)O3)[C@H]2O1. The van der Waals surface area contributed by atoms with Crippen LogP contribution in [0.1, 0.15) is 48.0 Å². The second kappa shape index (κ2) is 7.31. The van der Waals surface area contributed by atoms with Gasteiger partial charge in [-0.25, -0.2) is 0 Å². The average Bonchev–Trinajstić information content (AvgIpc) is 3.48. The van der Waals surface area contributed by atoms with Crippen LogP contribution in [0.15, 0.2) is 0 Å². The number of rotatable bonds is 3. The monoisotopic (exact) mass is 471 g/mol. The van der Waals surface area contributed by atoms with E-state index < -0.39 is 54.0 Å². The van der Waals surface area contributed by atoms with Crippen molar-refractivity contribution in [3.63, 3.8) is 0 Å². The molecule has 6 fully saturated rings. The van der Waals surface area contributed by atoms with Crippen LogP contribution >= 0.6 is 0 Å². The smallest absolute Gasteiger partial charge is 0.309 e. The van der Waals surface area contributed by atoms with Gasteiger partial charge in [0.1, 0.15) is 42.7 Å². The van der Waals surface area contributed by atoms with Gasteiger partial charge in [-0.3, -0.25) is 9.63 Å². The first-order chi connectivity index (χ1) is 15.4. The zero-order valence-electron chi connectivity index (χ0n) is 19.8. The van der Waals surface area contributed by atoms with Crippen molar-refractivity contribution in [2.24, 2.45) is 0 Å². The highest BCUT2D eigenvalue weighted by atomic mass is 16.8. The highest BCUT2D eigenvalue weighted by Gasteiger charge is 2.66. The van der Waals surface area contributed by atoms with Crippen molar-refractivity contribution in [3.05, 3.63) is 0 Å². The van der Waals surface area contributed by atoms with Gasteiger partial charge in [-0.2, -0.15) is 0 Å². The molecule has 11 nitrogen and oxygen atoms in total. The molecule has 0 aliphatic carbocycles. The third-order valence-corrected chi connectivity index (χ3v) is 7.01. The Hall–Kier alpha value is -0.890. The molecule has 0 saturated carbocycles. The number of carbonyl (C=O) groups is 1. The van der Waals surface area contributed by atoms with Gasteiger partial charge < -0.3 is 37.9 Å². The molecule has 33 heavy (non-hydrogen) atoms. The fourth-order valence-electron chi connectivity index (χ4n) is 5.79. The van der Waals surface area contributed by atoms with E-state index in [1.807, 2.05) is 41.5 Å². The lowest BCUT2D eigenvalue weighted by atomic mass is 10.0. The number of fused-ring (bicyclic) bond motifs is 2. The number of esters is 1. The van der Waals surface area contributed by atoms with Crippen LogP contribution in [0.2, 0.25) is 0 Å². The van der Waals surface area contributed by atoms with Crippen molar-refractivity contribution in [3.8, 4) is 0 Å². The summed E-state index contributed by atoms with van der Waals surface area (Å²) < 4.78 is 48.6. The summed E-state index contributed by atoms with van der Waals surface area (Å²) in [4.78, 5) is 18.3. The molecule has 0 bridgehead atoms. The molecule has 0 unspecified atom stereocenters. The molecule has 6 rings (SSSR count). The Bertz CT molecular complexity index is 817. The molecule has 6 heterocycles. The van der Waals surface area contributed by atoms with Crippen molar-refractivity contribution in [2.75, 3.05) is 13.2 Å². The molecule has 0 radical (unpaired) electrons. The molecule has 6 aliphatic heterocycles. The molecule has 0 aromatic heterocycles. The average molecular weight is 472 g/mol. The van der Waals surface area contributed by atoms with E-state index in [-0.39, 0.29) is 30.7 Å². The molecule has 0 N–H and O–H groups in total. The Labute approximate surface area is 192 Å². The molecule has 6 aliphatic rings. The Kier molecular flexibility index (Phi) is 5.00. The third-order valence-electron chi connectivity index (χ3n) is 7.01. The van der Waals surface area contributed by atoms with Gasteiger partial charge in [0.15, 0.2) is 29.7 Å². The highest BCUT2D eigenvalue weighted by Crippen LogP contribution is 2.47. The number of hydroxylamine groups is 2. The summed E-state index contributed by atoms with van der Waals surface area (Å²) in [5.41, 5.74) is 0. The summed E-state index contributed by atoms with van der Waals surface area (Å²) in [6, 6.07) is -0.419.